The maximum Gasteiger partial charge on any atom is 0.0702 e. The first kappa shape index (κ1) is 15.0. The number of hydrogen-bond donors (Lipinski definition) is 1. The summed E-state index contributed by atoms with van der Waals surface area (Å²) in [4.78, 5) is 0. The van der Waals surface area contributed by atoms with E-state index in [-0.39, 0.29) is 0 Å². The second kappa shape index (κ2) is 6.86. The second-order valence-corrected chi connectivity index (χ2v) is 6.28. The van der Waals surface area contributed by atoms with Crippen molar-refractivity contribution in [3.8, 4) is 0 Å². The number of hydrogen-bond acceptors (Lipinski definition) is 3. The van der Waals surface area contributed by atoms with Gasteiger partial charge in [0.25, 0.3) is 0 Å². The van der Waals surface area contributed by atoms with Crippen LogP contribution < -0.4 is 5.32 Å². The van der Waals surface area contributed by atoms with Crippen molar-refractivity contribution < 1.29 is 4.74 Å². The molecule has 0 saturated carbocycles. The van der Waals surface area contributed by atoms with E-state index in [4.69, 9.17) is 4.74 Å². The molecule has 0 aromatic carbocycles. The van der Waals surface area contributed by atoms with Gasteiger partial charge in [-0.2, -0.15) is 5.10 Å². The number of halogens is 1. The molecule has 2 heterocycles. The molecule has 5 heteroatoms. The number of aromatic nitrogens is 2. The predicted molar refractivity (Wildman–Crippen MR) is 80.3 cm³/mol. The lowest BCUT2D eigenvalue weighted by Gasteiger charge is -2.32. The summed E-state index contributed by atoms with van der Waals surface area (Å²) < 4.78 is 8.87. The van der Waals surface area contributed by atoms with Crippen LogP contribution in [0.1, 0.15) is 51.4 Å². The van der Waals surface area contributed by atoms with Crippen molar-refractivity contribution in [2.45, 2.75) is 45.7 Å². The van der Waals surface area contributed by atoms with Crippen LogP contribution in [0, 0.1) is 5.92 Å². The first-order valence-electron chi connectivity index (χ1n) is 7.19. The molecule has 1 N–H and O–H groups in total. The Morgan fingerprint density at radius 1 is 1.58 bits per heavy atom. The summed E-state index contributed by atoms with van der Waals surface area (Å²) >= 11 is 3.66. The zero-order valence-electron chi connectivity index (χ0n) is 12.0. The lowest BCUT2D eigenvalue weighted by atomic mass is 9.91. The Morgan fingerprint density at radius 3 is 2.95 bits per heavy atom. The zero-order chi connectivity index (χ0) is 13.8. The molecule has 0 spiro atoms. The maximum atomic E-state index is 5.66. The van der Waals surface area contributed by atoms with Crippen molar-refractivity contribution in [3.63, 3.8) is 0 Å². The Hall–Kier alpha value is -0.390. The van der Waals surface area contributed by atoms with Gasteiger partial charge in [0.2, 0.25) is 0 Å². The Balaban J connectivity index is 2.29. The minimum Gasteiger partial charge on any atom is -0.381 e. The Bertz CT molecular complexity index is 399. The number of nitrogens with one attached hydrogen (secondary N) is 1. The molecule has 19 heavy (non-hydrogen) atoms. The van der Waals surface area contributed by atoms with Crippen molar-refractivity contribution in [1.29, 1.82) is 0 Å². The van der Waals surface area contributed by atoms with Crippen LogP contribution in [-0.4, -0.2) is 29.5 Å². The van der Waals surface area contributed by atoms with E-state index in [9.17, 15) is 0 Å². The van der Waals surface area contributed by atoms with Crippen LogP contribution in [0.5, 0.6) is 0 Å². The molecule has 4 nitrogen and oxygen atoms in total. The van der Waals surface area contributed by atoms with Gasteiger partial charge < -0.3 is 10.1 Å². The highest BCUT2D eigenvalue weighted by Gasteiger charge is 2.29. The second-order valence-electron chi connectivity index (χ2n) is 5.43. The molecule has 1 aromatic rings. The SMILES string of the molecule is CCNC(c1c(Br)cnn1C(C)C)C1CCCOC1. The first-order chi connectivity index (χ1) is 9.15. The monoisotopic (exact) mass is 329 g/mol. The summed E-state index contributed by atoms with van der Waals surface area (Å²) in [5.74, 6) is 0.527. The van der Waals surface area contributed by atoms with Crippen molar-refractivity contribution >= 4 is 15.9 Å². The van der Waals surface area contributed by atoms with Crippen molar-refractivity contribution in [3.05, 3.63) is 16.4 Å². The number of nitrogens with zero attached hydrogens (tertiary/aromatic N) is 2. The molecule has 0 aliphatic carbocycles. The smallest absolute Gasteiger partial charge is 0.0702 e. The number of rotatable bonds is 5. The molecule has 1 aliphatic rings. The summed E-state index contributed by atoms with van der Waals surface area (Å²) in [5, 5.41) is 8.12. The van der Waals surface area contributed by atoms with Gasteiger partial charge in [-0.25, -0.2) is 0 Å². The molecule has 108 valence electrons. The summed E-state index contributed by atoms with van der Waals surface area (Å²) in [6.07, 6.45) is 4.27. The van der Waals surface area contributed by atoms with Crippen molar-refractivity contribution in [2.75, 3.05) is 19.8 Å². The quantitative estimate of drug-likeness (QED) is 0.900. The zero-order valence-corrected chi connectivity index (χ0v) is 13.6. The highest BCUT2D eigenvalue weighted by molar-refractivity contribution is 9.10. The minimum absolute atomic E-state index is 0.310. The molecule has 0 bridgehead atoms. The lowest BCUT2D eigenvalue weighted by Crippen LogP contribution is -2.35. The molecule has 0 radical (unpaired) electrons. The summed E-state index contributed by atoms with van der Waals surface area (Å²) in [6, 6.07) is 0.677. The summed E-state index contributed by atoms with van der Waals surface area (Å²) in [6.45, 7) is 9.19. The average Bonchev–Trinajstić information content (AvgIpc) is 2.79. The summed E-state index contributed by atoms with van der Waals surface area (Å²) in [7, 11) is 0. The van der Waals surface area contributed by atoms with Crippen molar-refractivity contribution in [1.82, 2.24) is 15.1 Å². The minimum atomic E-state index is 0.310. The summed E-state index contributed by atoms with van der Waals surface area (Å²) in [5.41, 5.74) is 1.26. The van der Waals surface area contributed by atoms with Crippen LogP contribution in [0.15, 0.2) is 10.7 Å². The predicted octanol–water partition coefficient (Wildman–Crippen LogP) is 3.30. The molecular weight excluding hydrogens is 306 g/mol. The average molecular weight is 330 g/mol. The van der Waals surface area contributed by atoms with E-state index in [0.717, 1.165) is 30.7 Å². The van der Waals surface area contributed by atoms with Gasteiger partial charge in [-0.05, 0) is 49.2 Å². The van der Waals surface area contributed by atoms with Gasteiger partial charge in [-0.3, -0.25) is 4.68 Å². The fourth-order valence-electron chi connectivity index (χ4n) is 2.79. The van der Waals surface area contributed by atoms with Gasteiger partial charge >= 0.3 is 0 Å². The third-order valence-corrected chi connectivity index (χ3v) is 4.27. The lowest BCUT2D eigenvalue weighted by molar-refractivity contribution is 0.0376. The van der Waals surface area contributed by atoms with Gasteiger partial charge in [0, 0.05) is 18.6 Å². The molecule has 1 aliphatic heterocycles. The van der Waals surface area contributed by atoms with Gasteiger partial charge in [-0.1, -0.05) is 6.92 Å². The standard InChI is InChI=1S/C14H24BrN3O/c1-4-16-13(11-6-5-7-19-9-11)14-12(15)8-17-18(14)10(2)3/h8,10-11,13,16H,4-7,9H2,1-3H3. The molecule has 1 saturated heterocycles. The van der Waals surface area contributed by atoms with Crippen LogP contribution in [0.3, 0.4) is 0 Å². The van der Waals surface area contributed by atoms with E-state index in [0.29, 0.717) is 18.0 Å². The van der Waals surface area contributed by atoms with Crippen LogP contribution in [-0.2, 0) is 4.74 Å². The molecule has 0 amide bonds. The van der Waals surface area contributed by atoms with E-state index in [1.807, 2.05) is 6.20 Å². The highest BCUT2D eigenvalue weighted by Crippen LogP contribution is 2.34. The normalized spacial score (nSPS) is 21.8. The van der Waals surface area contributed by atoms with E-state index in [1.54, 1.807) is 0 Å². The molecular formula is C14H24BrN3O. The Kier molecular flexibility index (Phi) is 5.42. The third kappa shape index (κ3) is 3.38. The van der Waals surface area contributed by atoms with E-state index >= 15 is 0 Å². The topological polar surface area (TPSA) is 39.1 Å². The van der Waals surface area contributed by atoms with Crippen LogP contribution in [0.4, 0.5) is 0 Å². The van der Waals surface area contributed by atoms with Gasteiger partial charge in [0.15, 0.2) is 0 Å². The van der Waals surface area contributed by atoms with Gasteiger partial charge in [-0.15, -0.1) is 0 Å². The van der Waals surface area contributed by atoms with Gasteiger partial charge in [0.05, 0.1) is 29.0 Å². The van der Waals surface area contributed by atoms with Crippen LogP contribution in [0.2, 0.25) is 0 Å². The molecule has 1 fully saturated rings. The molecule has 1 aromatic heterocycles. The van der Waals surface area contributed by atoms with Crippen molar-refractivity contribution in [2.24, 2.45) is 5.92 Å². The fourth-order valence-corrected chi connectivity index (χ4v) is 3.31. The Morgan fingerprint density at radius 2 is 2.37 bits per heavy atom. The first-order valence-corrected chi connectivity index (χ1v) is 7.98. The fraction of sp³-hybridized carbons (Fsp3) is 0.786. The van der Waals surface area contributed by atoms with E-state index < -0.39 is 0 Å². The third-order valence-electron chi connectivity index (χ3n) is 3.66. The largest absolute Gasteiger partial charge is 0.381 e. The number of ether oxygens (including phenoxy) is 1. The molecule has 2 rings (SSSR count). The van der Waals surface area contributed by atoms with E-state index in [1.165, 1.54) is 12.1 Å². The van der Waals surface area contributed by atoms with Crippen LogP contribution >= 0.6 is 15.9 Å². The molecule has 2 atom stereocenters. The maximum absolute atomic E-state index is 5.66. The van der Waals surface area contributed by atoms with E-state index in [2.05, 4.69) is 51.8 Å². The van der Waals surface area contributed by atoms with Crippen LogP contribution in [0.25, 0.3) is 0 Å². The highest BCUT2D eigenvalue weighted by atomic mass is 79.9. The van der Waals surface area contributed by atoms with Gasteiger partial charge in [0.1, 0.15) is 0 Å². The Labute approximate surface area is 124 Å². The molecule has 2 unspecified atom stereocenters.